The summed E-state index contributed by atoms with van der Waals surface area (Å²) in [6.45, 7) is 3.48. The van der Waals surface area contributed by atoms with E-state index in [1.54, 1.807) is 0 Å². The molecule has 0 bridgehead atoms. The highest BCUT2D eigenvalue weighted by molar-refractivity contribution is 7.47. The fraction of sp³-hybridized carbons (Fsp3) is 0.943. The van der Waals surface area contributed by atoms with Gasteiger partial charge in [-0.2, -0.15) is 0 Å². The van der Waals surface area contributed by atoms with E-state index in [4.69, 9.17) is 24.3 Å². The van der Waals surface area contributed by atoms with Crippen LogP contribution in [-0.2, 0) is 32.7 Å². The number of phosphoric acid groups is 1. The third-order valence-corrected chi connectivity index (χ3v) is 8.98. The Hall–Kier alpha value is -0.990. The molecule has 0 aliphatic carbocycles. The average molecular weight is 664 g/mol. The van der Waals surface area contributed by atoms with Crippen molar-refractivity contribution in [3.63, 3.8) is 0 Å². The zero-order chi connectivity index (χ0) is 33.3. The molecule has 45 heavy (non-hydrogen) atoms. The van der Waals surface area contributed by atoms with Crippen LogP contribution in [0.25, 0.3) is 0 Å². The molecule has 2 atom stereocenters. The van der Waals surface area contributed by atoms with Gasteiger partial charge in [-0.05, 0) is 12.8 Å². The highest BCUT2D eigenvalue weighted by atomic mass is 31.2. The van der Waals surface area contributed by atoms with Crippen molar-refractivity contribution in [1.29, 1.82) is 0 Å². The van der Waals surface area contributed by atoms with E-state index in [1.165, 1.54) is 122 Å². The van der Waals surface area contributed by atoms with E-state index >= 15 is 0 Å². The lowest BCUT2D eigenvalue weighted by molar-refractivity contribution is -0.161. The molecular weight excluding hydrogens is 593 g/mol. The first kappa shape index (κ1) is 44.0. The molecule has 2 unspecified atom stereocenters. The first-order valence-electron chi connectivity index (χ1n) is 18.5. The molecule has 0 aromatic heterocycles. The fourth-order valence-corrected chi connectivity index (χ4v) is 5.97. The van der Waals surface area contributed by atoms with Crippen LogP contribution in [0, 0.1) is 0 Å². The van der Waals surface area contributed by atoms with Crippen molar-refractivity contribution < 1.29 is 37.6 Å². The van der Waals surface area contributed by atoms with Crippen molar-refractivity contribution in [3.05, 3.63) is 0 Å². The van der Waals surface area contributed by atoms with Crippen molar-refractivity contribution >= 4 is 19.8 Å². The van der Waals surface area contributed by atoms with Crippen LogP contribution in [0.2, 0.25) is 0 Å². The van der Waals surface area contributed by atoms with Crippen LogP contribution in [-0.4, -0.2) is 49.3 Å². The zero-order valence-corrected chi connectivity index (χ0v) is 30.0. The third kappa shape index (κ3) is 32.7. The second-order valence-electron chi connectivity index (χ2n) is 12.5. The summed E-state index contributed by atoms with van der Waals surface area (Å²) in [6.07, 6.45) is 29.8. The second-order valence-corrected chi connectivity index (χ2v) is 13.9. The molecule has 3 N–H and O–H groups in total. The molecule has 0 amide bonds. The van der Waals surface area contributed by atoms with Crippen molar-refractivity contribution in [1.82, 2.24) is 0 Å². The Morgan fingerprint density at radius 2 is 0.978 bits per heavy atom. The molecule has 0 aromatic rings. The van der Waals surface area contributed by atoms with Gasteiger partial charge in [0.05, 0.1) is 13.2 Å². The third-order valence-electron chi connectivity index (χ3n) is 7.99. The maximum atomic E-state index is 12.4. The van der Waals surface area contributed by atoms with Crippen LogP contribution in [0.15, 0.2) is 0 Å². The molecule has 0 saturated heterocycles. The number of carbonyl (C=O) groups excluding carboxylic acids is 2. The van der Waals surface area contributed by atoms with Crippen molar-refractivity contribution in [2.75, 3.05) is 26.4 Å². The summed E-state index contributed by atoms with van der Waals surface area (Å²) in [5.74, 6) is -0.860. The molecule has 0 saturated carbocycles. The average Bonchev–Trinajstić information content (AvgIpc) is 3.02. The number of hydrogen-bond donors (Lipinski definition) is 2. The number of phosphoric ester groups is 1. The molecule has 10 heteroatoms. The van der Waals surface area contributed by atoms with Crippen molar-refractivity contribution in [2.45, 2.75) is 187 Å². The Labute approximate surface area is 276 Å². The molecular formula is C35H70NO8P. The van der Waals surface area contributed by atoms with Gasteiger partial charge in [0.1, 0.15) is 6.61 Å². The van der Waals surface area contributed by atoms with Gasteiger partial charge in [-0.15, -0.1) is 0 Å². The number of ether oxygens (including phenoxy) is 2. The van der Waals surface area contributed by atoms with Gasteiger partial charge in [-0.25, -0.2) is 4.57 Å². The summed E-state index contributed by atoms with van der Waals surface area (Å²) in [5.41, 5.74) is 5.29. The molecule has 9 nitrogen and oxygen atoms in total. The lowest BCUT2D eigenvalue weighted by atomic mass is 10.0. The second kappa shape index (κ2) is 32.9. The quantitative estimate of drug-likeness (QED) is 0.0386. The summed E-state index contributed by atoms with van der Waals surface area (Å²) in [6, 6.07) is 0. The van der Waals surface area contributed by atoms with Crippen LogP contribution in [0.1, 0.15) is 181 Å². The van der Waals surface area contributed by atoms with Gasteiger partial charge in [-0.1, -0.05) is 155 Å². The standard InChI is InChI=1S/C35H70NO8P/c1-3-5-7-8-9-10-11-12-13-14-15-16-17-18-19-20-21-22-23-24-25-26-28-35(38)44-33(31-41-34(37)27-6-4-2)32-43-45(39,40)42-30-29-36/h33H,3-32,36H2,1-2H3,(H,39,40). The van der Waals surface area contributed by atoms with Gasteiger partial charge < -0.3 is 20.1 Å². The topological polar surface area (TPSA) is 134 Å². The molecule has 0 fully saturated rings. The molecule has 0 aliphatic heterocycles. The minimum absolute atomic E-state index is 0.0565. The van der Waals surface area contributed by atoms with Gasteiger partial charge in [0.2, 0.25) is 0 Å². The van der Waals surface area contributed by atoms with Gasteiger partial charge in [-0.3, -0.25) is 18.6 Å². The Morgan fingerprint density at radius 3 is 1.40 bits per heavy atom. The minimum Gasteiger partial charge on any atom is -0.462 e. The Morgan fingerprint density at radius 1 is 0.578 bits per heavy atom. The summed E-state index contributed by atoms with van der Waals surface area (Å²) >= 11 is 0. The molecule has 0 spiro atoms. The largest absolute Gasteiger partial charge is 0.472 e. The first-order chi connectivity index (χ1) is 21.8. The fourth-order valence-electron chi connectivity index (χ4n) is 5.20. The van der Waals surface area contributed by atoms with Crippen molar-refractivity contribution in [3.8, 4) is 0 Å². The zero-order valence-electron chi connectivity index (χ0n) is 29.1. The number of esters is 2. The van der Waals surface area contributed by atoms with E-state index < -0.39 is 32.5 Å². The maximum Gasteiger partial charge on any atom is 0.472 e. The summed E-state index contributed by atoms with van der Waals surface area (Å²) < 4.78 is 32.1. The van der Waals surface area contributed by atoms with E-state index in [-0.39, 0.29) is 32.6 Å². The number of carbonyl (C=O) groups is 2. The molecule has 0 aliphatic rings. The Bertz CT molecular complexity index is 724. The molecule has 0 rings (SSSR count). The van der Waals surface area contributed by atoms with Crippen LogP contribution in [0.5, 0.6) is 0 Å². The van der Waals surface area contributed by atoms with E-state index in [1.807, 2.05) is 6.92 Å². The van der Waals surface area contributed by atoms with Crippen LogP contribution in [0.3, 0.4) is 0 Å². The number of hydrogen-bond acceptors (Lipinski definition) is 8. The van der Waals surface area contributed by atoms with Crippen molar-refractivity contribution in [2.24, 2.45) is 5.73 Å². The SMILES string of the molecule is CCCCCCCCCCCCCCCCCCCCCCCCC(=O)OC(COC(=O)CCCC)COP(=O)(O)OCCN. The van der Waals surface area contributed by atoms with Gasteiger partial charge >= 0.3 is 19.8 Å². The lowest BCUT2D eigenvalue weighted by Gasteiger charge is -2.19. The summed E-state index contributed by atoms with van der Waals surface area (Å²) in [4.78, 5) is 34.0. The first-order valence-corrected chi connectivity index (χ1v) is 20.0. The highest BCUT2D eigenvalue weighted by Crippen LogP contribution is 2.43. The molecule has 0 heterocycles. The summed E-state index contributed by atoms with van der Waals surface area (Å²) in [7, 11) is -4.34. The monoisotopic (exact) mass is 663 g/mol. The Balaban J connectivity index is 3.79. The molecule has 0 radical (unpaired) electrons. The van der Waals surface area contributed by atoms with Crippen LogP contribution in [0.4, 0.5) is 0 Å². The van der Waals surface area contributed by atoms with E-state index in [2.05, 4.69) is 6.92 Å². The lowest BCUT2D eigenvalue weighted by Crippen LogP contribution is -2.29. The van der Waals surface area contributed by atoms with Crippen LogP contribution < -0.4 is 5.73 Å². The predicted octanol–water partition coefficient (Wildman–Crippen LogP) is 9.72. The number of nitrogens with two attached hydrogens (primary N) is 1. The van der Waals surface area contributed by atoms with Gasteiger partial charge in [0, 0.05) is 19.4 Å². The predicted molar refractivity (Wildman–Crippen MR) is 183 cm³/mol. The van der Waals surface area contributed by atoms with Crippen LogP contribution >= 0.6 is 7.82 Å². The summed E-state index contributed by atoms with van der Waals surface area (Å²) in [5, 5.41) is 0. The molecule has 268 valence electrons. The van der Waals surface area contributed by atoms with Gasteiger partial charge in [0.15, 0.2) is 6.10 Å². The minimum atomic E-state index is -4.34. The van der Waals surface area contributed by atoms with Gasteiger partial charge in [0.25, 0.3) is 0 Å². The van der Waals surface area contributed by atoms with E-state index in [0.29, 0.717) is 12.8 Å². The maximum absolute atomic E-state index is 12.4. The normalized spacial score (nSPS) is 13.4. The number of rotatable bonds is 35. The van der Waals surface area contributed by atoms with E-state index in [9.17, 15) is 19.0 Å². The number of unbranched alkanes of at least 4 members (excludes halogenated alkanes) is 22. The smallest absolute Gasteiger partial charge is 0.462 e. The molecule has 0 aromatic carbocycles. The van der Waals surface area contributed by atoms with E-state index in [0.717, 1.165) is 19.3 Å². The Kier molecular flexibility index (Phi) is 32.2. The highest BCUT2D eigenvalue weighted by Gasteiger charge is 2.25.